The van der Waals surface area contributed by atoms with E-state index in [1.807, 2.05) is 0 Å². The minimum atomic E-state index is -0.372. The van der Waals surface area contributed by atoms with Gasteiger partial charge in [-0.25, -0.2) is 4.39 Å². The molecule has 0 atom stereocenters. The lowest BCUT2D eigenvalue weighted by molar-refractivity contribution is 0.0992. The Kier molecular flexibility index (Phi) is 3.58. The molecule has 0 aliphatic heterocycles. The van der Waals surface area contributed by atoms with Crippen LogP contribution in [0.3, 0.4) is 0 Å². The molecule has 0 spiro atoms. The first-order valence-electron chi connectivity index (χ1n) is 4.91. The molecule has 0 saturated heterocycles. The molecule has 0 radical (unpaired) electrons. The molecule has 17 heavy (non-hydrogen) atoms. The number of aromatic nitrogens is 2. The van der Waals surface area contributed by atoms with Gasteiger partial charge >= 0.3 is 0 Å². The van der Waals surface area contributed by atoms with Gasteiger partial charge in [0.15, 0.2) is 5.78 Å². The molecule has 0 unspecified atom stereocenters. The Morgan fingerprint density at radius 2 is 2.12 bits per heavy atom. The topological polar surface area (TPSA) is 42.9 Å². The zero-order valence-corrected chi connectivity index (χ0v) is 10.3. The molecule has 1 aromatic heterocycles. The lowest BCUT2D eigenvalue weighted by Gasteiger charge is -2.04. The maximum Gasteiger partial charge on any atom is 0.168 e. The maximum absolute atomic E-state index is 13.3. The summed E-state index contributed by atoms with van der Waals surface area (Å²) in [6.07, 6.45) is 2.98. The Morgan fingerprint density at radius 3 is 2.82 bits per heavy atom. The number of carbonyl (C=O) groups is 1. The minimum Gasteiger partial charge on any atom is -0.294 e. The SMILES string of the molecule is O=C(Cc1cccc(F)c1Br)c1ccnnc1. The second kappa shape index (κ2) is 5.14. The van der Waals surface area contributed by atoms with E-state index in [1.54, 1.807) is 18.2 Å². The van der Waals surface area contributed by atoms with Crippen molar-refractivity contribution in [1.29, 1.82) is 0 Å². The highest BCUT2D eigenvalue weighted by Gasteiger charge is 2.11. The summed E-state index contributed by atoms with van der Waals surface area (Å²) < 4.78 is 13.6. The molecule has 3 nitrogen and oxygen atoms in total. The highest BCUT2D eigenvalue weighted by atomic mass is 79.9. The summed E-state index contributed by atoms with van der Waals surface area (Å²) in [4.78, 5) is 11.9. The Bertz CT molecular complexity index is 545. The second-order valence-corrected chi connectivity index (χ2v) is 4.24. The van der Waals surface area contributed by atoms with Gasteiger partial charge in [-0.05, 0) is 33.6 Å². The van der Waals surface area contributed by atoms with E-state index in [0.717, 1.165) is 0 Å². The van der Waals surface area contributed by atoms with E-state index in [1.165, 1.54) is 18.5 Å². The average Bonchev–Trinajstić information content (AvgIpc) is 2.36. The van der Waals surface area contributed by atoms with Crippen LogP contribution < -0.4 is 0 Å². The number of ketones is 1. The van der Waals surface area contributed by atoms with Crippen LogP contribution in [0.1, 0.15) is 15.9 Å². The average molecular weight is 295 g/mol. The van der Waals surface area contributed by atoms with E-state index in [2.05, 4.69) is 26.1 Å². The van der Waals surface area contributed by atoms with Crippen molar-refractivity contribution < 1.29 is 9.18 Å². The third-order valence-corrected chi connectivity index (χ3v) is 3.18. The van der Waals surface area contributed by atoms with Crippen molar-refractivity contribution in [3.8, 4) is 0 Å². The molecule has 1 heterocycles. The summed E-state index contributed by atoms with van der Waals surface area (Å²) in [7, 11) is 0. The normalized spacial score (nSPS) is 10.2. The molecule has 0 saturated carbocycles. The fraction of sp³-hybridized carbons (Fsp3) is 0.0833. The van der Waals surface area contributed by atoms with E-state index in [4.69, 9.17) is 0 Å². The largest absolute Gasteiger partial charge is 0.294 e. The third kappa shape index (κ3) is 2.74. The predicted octanol–water partition coefficient (Wildman–Crippen LogP) is 2.80. The highest BCUT2D eigenvalue weighted by molar-refractivity contribution is 9.10. The molecule has 86 valence electrons. The van der Waals surface area contributed by atoms with Crippen LogP contribution in [0.4, 0.5) is 4.39 Å². The van der Waals surface area contributed by atoms with Gasteiger partial charge in [-0.15, -0.1) is 0 Å². The van der Waals surface area contributed by atoms with Gasteiger partial charge in [0, 0.05) is 12.0 Å². The highest BCUT2D eigenvalue weighted by Crippen LogP contribution is 2.21. The number of carbonyl (C=O) groups excluding carboxylic acids is 1. The van der Waals surface area contributed by atoms with E-state index in [9.17, 15) is 9.18 Å². The van der Waals surface area contributed by atoms with Gasteiger partial charge in [0.25, 0.3) is 0 Å². The van der Waals surface area contributed by atoms with E-state index in [-0.39, 0.29) is 18.0 Å². The number of Topliss-reactive ketones (excluding diaryl/α,β-unsaturated/α-hetero) is 1. The zero-order valence-electron chi connectivity index (χ0n) is 8.73. The fourth-order valence-electron chi connectivity index (χ4n) is 1.42. The van der Waals surface area contributed by atoms with Crippen LogP contribution in [0, 0.1) is 5.82 Å². The second-order valence-electron chi connectivity index (χ2n) is 3.44. The summed E-state index contributed by atoms with van der Waals surface area (Å²) in [6, 6.07) is 6.21. The van der Waals surface area contributed by atoms with Gasteiger partial charge in [-0.3, -0.25) is 4.79 Å². The van der Waals surface area contributed by atoms with Crippen molar-refractivity contribution in [3.63, 3.8) is 0 Å². The van der Waals surface area contributed by atoms with Crippen molar-refractivity contribution in [2.24, 2.45) is 0 Å². The molecule has 0 N–H and O–H groups in total. The summed E-state index contributed by atoms with van der Waals surface area (Å²) in [5.74, 6) is -0.491. The Labute approximate surface area is 106 Å². The number of hydrogen-bond acceptors (Lipinski definition) is 3. The molecule has 1 aromatic carbocycles. The number of benzene rings is 1. The van der Waals surface area contributed by atoms with Crippen LogP contribution in [-0.4, -0.2) is 16.0 Å². The van der Waals surface area contributed by atoms with Crippen LogP contribution in [0.15, 0.2) is 41.1 Å². The van der Waals surface area contributed by atoms with Gasteiger partial charge in [-0.2, -0.15) is 10.2 Å². The van der Waals surface area contributed by atoms with Crippen LogP contribution in [-0.2, 0) is 6.42 Å². The van der Waals surface area contributed by atoms with E-state index in [0.29, 0.717) is 15.6 Å². The van der Waals surface area contributed by atoms with Gasteiger partial charge in [0.05, 0.1) is 16.9 Å². The monoisotopic (exact) mass is 294 g/mol. The van der Waals surface area contributed by atoms with Crippen molar-refractivity contribution in [1.82, 2.24) is 10.2 Å². The van der Waals surface area contributed by atoms with Gasteiger partial charge in [0.1, 0.15) is 5.82 Å². The first-order valence-corrected chi connectivity index (χ1v) is 5.70. The molecule has 0 amide bonds. The third-order valence-electron chi connectivity index (χ3n) is 2.29. The molecule has 2 rings (SSSR count). The van der Waals surface area contributed by atoms with Crippen LogP contribution >= 0.6 is 15.9 Å². The summed E-state index contributed by atoms with van der Waals surface area (Å²) in [6.45, 7) is 0. The van der Waals surface area contributed by atoms with E-state index >= 15 is 0 Å². The van der Waals surface area contributed by atoms with Gasteiger partial charge < -0.3 is 0 Å². The molecular weight excluding hydrogens is 287 g/mol. The quantitative estimate of drug-likeness (QED) is 0.818. The molecule has 0 fully saturated rings. The van der Waals surface area contributed by atoms with Crippen molar-refractivity contribution in [2.45, 2.75) is 6.42 Å². The van der Waals surface area contributed by atoms with Crippen molar-refractivity contribution in [3.05, 3.63) is 58.1 Å². The number of rotatable bonds is 3. The number of nitrogens with zero attached hydrogens (tertiary/aromatic N) is 2. The first-order chi connectivity index (χ1) is 8.18. The van der Waals surface area contributed by atoms with Crippen molar-refractivity contribution >= 4 is 21.7 Å². The molecule has 0 aliphatic carbocycles. The molecule has 0 bridgehead atoms. The van der Waals surface area contributed by atoms with Crippen LogP contribution in [0.2, 0.25) is 0 Å². The lowest BCUT2D eigenvalue weighted by Crippen LogP contribution is -2.05. The maximum atomic E-state index is 13.3. The number of hydrogen-bond donors (Lipinski definition) is 0. The summed E-state index contributed by atoms with van der Waals surface area (Å²) in [5.41, 5.74) is 1.09. The number of halogens is 2. The van der Waals surface area contributed by atoms with E-state index < -0.39 is 0 Å². The smallest absolute Gasteiger partial charge is 0.168 e. The van der Waals surface area contributed by atoms with Crippen LogP contribution in [0.5, 0.6) is 0 Å². The van der Waals surface area contributed by atoms with Gasteiger partial charge in [0.2, 0.25) is 0 Å². The van der Waals surface area contributed by atoms with Gasteiger partial charge in [-0.1, -0.05) is 12.1 Å². The first kappa shape index (κ1) is 11.9. The summed E-state index contributed by atoms with van der Waals surface area (Å²) >= 11 is 3.13. The fourth-order valence-corrected chi connectivity index (χ4v) is 1.82. The minimum absolute atomic E-state index is 0.119. The summed E-state index contributed by atoms with van der Waals surface area (Å²) in [5, 5.41) is 7.23. The molecule has 0 aliphatic rings. The Hall–Kier alpha value is -1.62. The van der Waals surface area contributed by atoms with Crippen LogP contribution in [0.25, 0.3) is 0 Å². The van der Waals surface area contributed by atoms with Crippen molar-refractivity contribution in [2.75, 3.05) is 0 Å². The predicted molar refractivity (Wildman–Crippen MR) is 64.2 cm³/mol. The molecule has 5 heteroatoms. The zero-order chi connectivity index (χ0) is 12.3. The Morgan fingerprint density at radius 1 is 1.29 bits per heavy atom. The standard InChI is InChI=1S/C12H8BrFN2O/c13-12-8(2-1-3-10(12)14)6-11(17)9-4-5-15-16-7-9/h1-5,7H,6H2. The Balaban J connectivity index is 2.22. The lowest BCUT2D eigenvalue weighted by atomic mass is 10.0. The molecular formula is C12H8BrFN2O. The molecule has 2 aromatic rings.